The molecule has 0 spiro atoms. The van der Waals surface area contributed by atoms with Crippen molar-refractivity contribution < 1.29 is 18.6 Å². The number of aromatic nitrogens is 6. The summed E-state index contributed by atoms with van der Waals surface area (Å²) in [6.45, 7) is 1.05. The molecule has 2 aliphatic rings. The highest BCUT2D eigenvalue weighted by Gasteiger charge is 2.40. The fourth-order valence-electron chi connectivity index (χ4n) is 4.93. The Morgan fingerprint density at radius 1 is 1.33 bits per heavy atom. The third-order valence-corrected chi connectivity index (χ3v) is 6.61. The molecule has 1 unspecified atom stereocenters. The number of aliphatic hydroxyl groups is 1. The van der Waals surface area contributed by atoms with Gasteiger partial charge < -0.3 is 19.7 Å². The van der Waals surface area contributed by atoms with Crippen molar-refractivity contribution in [3.63, 3.8) is 0 Å². The average molecular weight is 461 g/mol. The van der Waals surface area contributed by atoms with Gasteiger partial charge in [-0.05, 0) is 45.6 Å². The van der Waals surface area contributed by atoms with Gasteiger partial charge >= 0.3 is 6.61 Å². The van der Waals surface area contributed by atoms with Crippen LogP contribution in [-0.2, 0) is 13.0 Å². The van der Waals surface area contributed by atoms with E-state index in [1.807, 2.05) is 11.5 Å². The maximum atomic E-state index is 13.1. The molecule has 33 heavy (non-hydrogen) atoms. The van der Waals surface area contributed by atoms with E-state index < -0.39 is 29.6 Å². The predicted molar refractivity (Wildman–Crippen MR) is 114 cm³/mol. The molecule has 1 fully saturated rings. The van der Waals surface area contributed by atoms with E-state index in [0.29, 0.717) is 37.1 Å². The lowest BCUT2D eigenvalue weighted by Crippen LogP contribution is -2.38. The third kappa shape index (κ3) is 3.92. The Morgan fingerprint density at radius 3 is 2.88 bits per heavy atom. The van der Waals surface area contributed by atoms with E-state index in [9.17, 15) is 18.7 Å². The maximum Gasteiger partial charge on any atom is 0.387 e. The van der Waals surface area contributed by atoms with Crippen LogP contribution in [-0.4, -0.2) is 52.7 Å². The minimum atomic E-state index is -3.15. The van der Waals surface area contributed by atoms with E-state index in [4.69, 9.17) is 0 Å². The Labute approximate surface area is 187 Å². The van der Waals surface area contributed by atoms with Crippen molar-refractivity contribution in [3.05, 3.63) is 34.3 Å². The number of pyridine rings is 1. The van der Waals surface area contributed by atoms with Crippen molar-refractivity contribution in [2.45, 2.75) is 76.8 Å². The highest BCUT2D eigenvalue weighted by molar-refractivity contribution is 5.77. The van der Waals surface area contributed by atoms with Crippen molar-refractivity contribution >= 4 is 17.0 Å². The van der Waals surface area contributed by atoms with Gasteiger partial charge in [0.05, 0.1) is 11.6 Å². The Balaban J connectivity index is 1.55. The smallest absolute Gasteiger partial charge is 0.387 e. The zero-order valence-corrected chi connectivity index (χ0v) is 18.3. The largest absolute Gasteiger partial charge is 0.429 e. The summed E-state index contributed by atoms with van der Waals surface area (Å²) in [5, 5.41) is 22.8. The normalized spacial score (nSPS) is 24.9. The van der Waals surface area contributed by atoms with Crippen LogP contribution in [0.15, 0.2) is 17.1 Å². The molecule has 0 bridgehead atoms. The van der Waals surface area contributed by atoms with Crippen LogP contribution in [0.2, 0.25) is 0 Å². The van der Waals surface area contributed by atoms with E-state index in [1.54, 1.807) is 6.92 Å². The van der Waals surface area contributed by atoms with Crippen LogP contribution < -0.4 is 15.6 Å². The molecule has 2 N–H and O–H groups in total. The molecule has 3 aromatic heterocycles. The molecule has 12 heteroatoms. The zero-order chi connectivity index (χ0) is 23.3. The fourth-order valence-corrected chi connectivity index (χ4v) is 4.93. The summed E-state index contributed by atoms with van der Waals surface area (Å²) in [7, 11) is 0. The van der Waals surface area contributed by atoms with Crippen LogP contribution in [0, 0.1) is 6.92 Å². The number of fused-ring (bicyclic) bond motifs is 2. The minimum absolute atomic E-state index is 0.0286. The highest BCUT2D eigenvalue weighted by atomic mass is 19.3. The van der Waals surface area contributed by atoms with Crippen molar-refractivity contribution in [1.82, 2.24) is 29.3 Å². The second-order valence-corrected chi connectivity index (χ2v) is 8.95. The Kier molecular flexibility index (Phi) is 5.26. The minimum Gasteiger partial charge on any atom is -0.429 e. The first-order valence-corrected chi connectivity index (χ1v) is 11.0. The first-order valence-electron chi connectivity index (χ1n) is 11.0. The fraction of sp³-hybridized carbons (Fsp3) is 0.571. The number of rotatable bonds is 5. The molecule has 5 rings (SSSR count). The van der Waals surface area contributed by atoms with Crippen molar-refractivity contribution in [2.24, 2.45) is 0 Å². The molecule has 0 aromatic carbocycles. The SMILES string of the molecule is Cc1nnc2n1CC(Nc1ncc3cc(OC(F)F)c(=O)n([C@@H]4CCC[C@@]4(C)O)c3n1)CC2. The van der Waals surface area contributed by atoms with Crippen LogP contribution in [0.5, 0.6) is 5.75 Å². The summed E-state index contributed by atoms with van der Waals surface area (Å²) in [5.41, 5.74) is -1.66. The number of aryl methyl sites for hydroxylation is 2. The predicted octanol–water partition coefficient (Wildman–Crippen LogP) is 2.20. The summed E-state index contributed by atoms with van der Waals surface area (Å²) >= 11 is 0. The number of hydrogen-bond acceptors (Lipinski definition) is 8. The second-order valence-electron chi connectivity index (χ2n) is 8.95. The molecule has 1 saturated carbocycles. The Morgan fingerprint density at radius 2 is 2.15 bits per heavy atom. The molecule has 10 nitrogen and oxygen atoms in total. The summed E-state index contributed by atoms with van der Waals surface area (Å²) in [6, 6.07) is 0.635. The summed E-state index contributed by atoms with van der Waals surface area (Å²) in [6.07, 6.45) is 4.75. The summed E-state index contributed by atoms with van der Waals surface area (Å²) in [5.74, 6) is 1.59. The summed E-state index contributed by atoms with van der Waals surface area (Å²) in [4.78, 5) is 22.0. The van der Waals surface area contributed by atoms with E-state index >= 15 is 0 Å². The molecule has 3 aromatic rings. The number of ether oxygens (including phenoxy) is 1. The van der Waals surface area contributed by atoms with Gasteiger partial charge in [-0.3, -0.25) is 9.36 Å². The van der Waals surface area contributed by atoms with Crippen LogP contribution >= 0.6 is 0 Å². The standard InChI is InChI=1S/C21H25F2N7O3/c1-11-27-28-16-6-5-13(10-29(11)16)25-20-24-9-12-8-14(33-19(22)23)18(31)30(17(12)26-20)15-4-3-7-21(15,2)32/h8-9,13,15,19,32H,3-7,10H2,1-2H3,(H,24,25,26)/t13?,15-,21-/m1/s1. The number of halogens is 2. The van der Waals surface area contributed by atoms with E-state index in [0.717, 1.165) is 24.5 Å². The highest BCUT2D eigenvalue weighted by Crippen LogP contribution is 2.40. The molecule has 0 amide bonds. The molecule has 0 saturated heterocycles. The van der Waals surface area contributed by atoms with Gasteiger partial charge in [0.1, 0.15) is 17.3 Å². The zero-order valence-electron chi connectivity index (χ0n) is 18.3. The van der Waals surface area contributed by atoms with Crippen molar-refractivity contribution in [2.75, 3.05) is 5.32 Å². The van der Waals surface area contributed by atoms with Gasteiger partial charge in [0.2, 0.25) is 5.95 Å². The maximum absolute atomic E-state index is 13.1. The van der Waals surface area contributed by atoms with Gasteiger partial charge in [-0.2, -0.15) is 13.8 Å². The van der Waals surface area contributed by atoms with Crippen LogP contribution in [0.3, 0.4) is 0 Å². The number of nitrogens with zero attached hydrogens (tertiary/aromatic N) is 6. The molecular formula is C21H25F2N7O3. The first-order chi connectivity index (χ1) is 15.7. The Hall–Kier alpha value is -3.15. The van der Waals surface area contributed by atoms with Crippen LogP contribution in [0.4, 0.5) is 14.7 Å². The number of alkyl halides is 2. The second kappa shape index (κ2) is 8.01. The molecule has 0 radical (unpaired) electrons. The topological polar surface area (TPSA) is 120 Å². The number of nitrogens with one attached hydrogen (secondary N) is 1. The van der Waals surface area contributed by atoms with Crippen LogP contribution in [0.1, 0.15) is 50.3 Å². The van der Waals surface area contributed by atoms with Crippen molar-refractivity contribution in [1.29, 1.82) is 0 Å². The third-order valence-electron chi connectivity index (χ3n) is 6.61. The molecule has 3 atom stereocenters. The first kappa shape index (κ1) is 21.7. The Bertz CT molecular complexity index is 1260. The van der Waals surface area contributed by atoms with E-state index in [2.05, 4.69) is 30.2 Å². The van der Waals surface area contributed by atoms with E-state index in [-0.39, 0.29) is 11.7 Å². The quantitative estimate of drug-likeness (QED) is 0.593. The lowest BCUT2D eigenvalue weighted by Gasteiger charge is -2.29. The average Bonchev–Trinajstić information content (AvgIpc) is 3.30. The molecular weight excluding hydrogens is 436 g/mol. The van der Waals surface area contributed by atoms with Gasteiger partial charge in [-0.1, -0.05) is 0 Å². The lowest BCUT2D eigenvalue weighted by atomic mass is 10.00. The number of anilines is 1. The molecule has 4 heterocycles. The molecule has 1 aliphatic carbocycles. The van der Waals surface area contributed by atoms with Gasteiger partial charge in [0.15, 0.2) is 5.75 Å². The van der Waals surface area contributed by atoms with Gasteiger partial charge in [0, 0.05) is 30.6 Å². The van der Waals surface area contributed by atoms with Gasteiger partial charge in [-0.15, -0.1) is 10.2 Å². The lowest BCUT2D eigenvalue weighted by molar-refractivity contribution is -0.0513. The number of hydrogen-bond donors (Lipinski definition) is 2. The van der Waals surface area contributed by atoms with Gasteiger partial charge in [-0.25, -0.2) is 4.98 Å². The summed E-state index contributed by atoms with van der Waals surface area (Å²) < 4.78 is 33.7. The van der Waals surface area contributed by atoms with E-state index in [1.165, 1.54) is 16.8 Å². The monoisotopic (exact) mass is 461 g/mol. The van der Waals surface area contributed by atoms with Crippen LogP contribution in [0.25, 0.3) is 11.0 Å². The molecule has 1 aliphatic heterocycles. The molecule has 176 valence electrons. The van der Waals surface area contributed by atoms with Crippen molar-refractivity contribution in [3.8, 4) is 5.75 Å². The van der Waals surface area contributed by atoms with Gasteiger partial charge in [0.25, 0.3) is 5.56 Å².